The molecule has 1 amide bonds. The number of nitrogens with zero attached hydrogens (tertiary/aromatic N) is 2. The van der Waals surface area contributed by atoms with E-state index in [-0.39, 0.29) is 24.8 Å². The molecule has 3 N–H and O–H groups in total. The third-order valence-electron chi connectivity index (χ3n) is 6.13. The molecule has 2 aromatic heterocycles. The Morgan fingerprint density at radius 2 is 1.97 bits per heavy atom. The van der Waals surface area contributed by atoms with Crippen molar-refractivity contribution in [3.05, 3.63) is 29.6 Å². The number of carboxylic acids is 1. The predicted molar refractivity (Wildman–Crippen MR) is 124 cm³/mol. The van der Waals surface area contributed by atoms with Crippen molar-refractivity contribution < 1.29 is 24.2 Å². The van der Waals surface area contributed by atoms with E-state index >= 15 is 0 Å². The summed E-state index contributed by atoms with van der Waals surface area (Å²) in [5, 5.41) is 15.5. The number of rotatable bonds is 10. The van der Waals surface area contributed by atoms with E-state index in [1.165, 1.54) is 7.11 Å². The quantitative estimate of drug-likeness (QED) is 0.467. The summed E-state index contributed by atoms with van der Waals surface area (Å²) in [6.45, 7) is 4.12. The van der Waals surface area contributed by atoms with E-state index in [0.717, 1.165) is 37.8 Å². The molecule has 9 heteroatoms. The number of amides is 1. The highest BCUT2D eigenvalue weighted by Gasteiger charge is 2.28. The van der Waals surface area contributed by atoms with Gasteiger partial charge >= 0.3 is 11.9 Å². The molecular weight excluding hydrogens is 424 g/mol. The molecule has 3 rings (SSSR count). The molecule has 0 radical (unpaired) electrons. The van der Waals surface area contributed by atoms with Gasteiger partial charge in [0, 0.05) is 12.2 Å². The van der Waals surface area contributed by atoms with Crippen LogP contribution in [0.4, 0.5) is 5.82 Å². The van der Waals surface area contributed by atoms with Crippen LogP contribution >= 0.6 is 0 Å². The van der Waals surface area contributed by atoms with Crippen molar-refractivity contribution in [1.82, 2.24) is 14.7 Å². The summed E-state index contributed by atoms with van der Waals surface area (Å²) in [5.74, 6) is -0.535. The fourth-order valence-corrected chi connectivity index (χ4v) is 4.54. The van der Waals surface area contributed by atoms with Gasteiger partial charge in [-0.25, -0.2) is 4.98 Å². The minimum atomic E-state index is -0.918. The summed E-state index contributed by atoms with van der Waals surface area (Å²) < 4.78 is 6.50. The van der Waals surface area contributed by atoms with Crippen molar-refractivity contribution in [2.45, 2.75) is 64.8 Å². The lowest BCUT2D eigenvalue weighted by Gasteiger charge is -2.30. The summed E-state index contributed by atoms with van der Waals surface area (Å²) >= 11 is 0. The van der Waals surface area contributed by atoms with Gasteiger partial charge in [0.25, 0.3) is 5.91 Å². The molecule has 0 spiro atoms. The Kier molecular flexibility index (Phi) is 8.30. The summed E-state index contributed by atoms with van der Waals surface area (Å²) in [4.78, 5) is 41.2. The van der Waals surface area contributed by atoms with Crippen molar-refractivity contribution in [3.8, 4) is 0 Å². The lowest BCUT2D eigenvalue weighted by Crippen LogP contribution is -2.42. The van der Waals surface area contributed by atoms with Gasteiger partial charge in [0.1, 0.15) is 12.4 Å². The number of carbonyl (C=O) groups is 3. The molecule has 2 aromatic rings. The van der Waals surface area contributed by atoms with E-state index in [0.29, 0.717) is 29.4 Å². The van der Waals surface area contributed by atoms with Crippen LogP contribution in [0.1, 0.15) is 68.4 Å². The van der Waals surface area contributed by atoms with Crippen LogP contribution in [-0.2, 0) is 20.7 Å². The molecular formula is C24H34N4O5. The molecule has 1 fully saturated rings. The van der Waals surface area contributed by atoms with Crippen LogP contribution in [-0.4, -0.2) is 52.0 Å². The Balaban J connectivity index is 1.92. The van der Waals surface area contributed by atoms with Crippen molar-refractivity contribution >= 4 is 29.3 Å². The van der Waals surface area contributed by atoms with Gasteiger partial charge in [-0.2, -0.15) is 0 Å². The zero-order chi connectivity index (χ0) is 24.0. The number of aromatic nitrogens is 2. The molecule has 0 aromatic carbocycles. The number of hydrogen-bond donors (Lipinski definition) is 3. The lowest BCUT2D eigenvalue weighted by molar-refractivity contribution is -0.139. The van der Waals surface area contributed by atoms with Crippen LogP contribution in [0.2, 0.25) is 0 Å². The fraction of sp³-hybridized carbons (Fsp3) is 0.583. The summed E-state index contributed by atoms with van der Waals surface area (Å²) in [6.07, 6.45) is 7.46. The highest BCUT2D eigenvalue weighted by atomic mass is 16.5. The van der Waals surface area contributed by atoms with Gasteiger partial charge in [0.2, 0.25) is 0 Å². The molecule has 1 saturated carbocycles. The van der Waals surface area contributed by atoms with E-state index in [4.69, 9.17) is 9.72 Å². The molecule has 2 heterocycles. The zero-order valence-corrected chi connectivity index (χ0v) is 19.6. The van der Waals surface area contributed by atoms with Crippen molar-refractivity contribution in [2.75, 3.05) is 19.0 Å². The smallest absolute Gasteiger partial charge is 0.325 e. The van der Waals surface area contributed by atoms with Crippen LogP contribution < -0.4 is 10.6 Å². The van der Waals surface area contributed by atoms with E-state index in [9.17, 15) is 19.5 Å². The van der Waals surface area contributed by atoms with E-state index in [2.05, 4.69) is 24.5 Å². The van der Waals surface area contributed by atoms with Gasteiger partial charge in [-0.15, -0.1) is 0 Å². The van der Waals surface area contributed by atoms with Crippen LogP contribution in [0.15, 0.2) is 18.3 Å². The van der Waals surface area contributed by atoms with E-state index in [1.807, 2.05) is 0 Å². The van der Waals surface area contributed by atoms with Crippen molar-refractivity contribution in [1.29, 1.82) is 0 Å². The van der Waals surface area contributed by atoms with Crippen molar-refractivity contribution in [2.24, 2.45) is 11.8 Å². The van der Waals surface area contributed by atoms with Gasteiger partial charge in [-0.05, 0) is 43.2 Å². The zero-order valence-electron chi connectivity index (χ0n) is 19.6. The lowest BCUT2D eigenvalue weighted by atomic mass is 9.82. The maximum atomic E-state index is 13.3. The first kappa shape index (κ1) is 24.5. The third-order valence-corrected chi connectivity index (χ3v) is 6.13. The fourth-order valence-electron chi connectivity index (χ4n) is 4.54. The van der Waals surface area contributed by atoms with E-state index < -0.39 is 18.0 Å². The standard InChI is InChI=1S/C24H34N4O5/c1-15(2)12-19-23(25-14-21(31)33-3)28-11-7-10-17(22(28)26-19)24(32)27-18(13-20(29)30)16-8-5-4-6-9-16/h7,10-11,15-16,18,25H,4-6,8-9,12-14H2,1-3H3,(H,27,32)(H,29,30). The maximum Gasteiger partial charge on any atom is 0.325 e. The number of fused-ring (bicyclic) bond motifs is 1. The first-order valence-corrected chi connectivity index (χ1v) is 11.6. The Bertz CT molecular complexity index is 994. The van der Waals surface area contributed by atoms with Crippen LogP contribution in [0.3, 0.4) is 0 Å². The van der Waals surface area contributed by atoms with Crippen LogP contribution in [0.25, 0.3) is 5.65 Å². The number of esters is 1. The summed E-state index contributed by atoms with van der Waals surface area (Å²) in [6, 6.07) is 3.02. The number of imidazole rings is 1. The molecule has 180 valence electrons. The second kappa shape index (κ2) is 11.2. The van der Waals surface area contributed by atoms with Gasteiger partial charge in [-0.3, -0.25) is 18.8 Å². The average Bonchev–Trinajstić information content (AvgIpc) is 3.13. The molecule has 1 aliphatic carbocycles. The van der Waals surface area contributed by atoms with Crippen LogP contribution in [0, 0.1) is 11.8 Å². The Labute approximate surface area is 193 Å². The molecule has 1 atom stereocenters. The molecule has 1 aliphatic rings. The van der Waals surface area contributed by atoms with Crippen LogP contribution in [0.5, 0.6) is 0 Å². The number of methoxy groups -OCH3 is 1. The first-order chi connectivity index (χ1) is 15.8. The molecule has 9 nitrogen and oxygen atoms in total. The molecule has 33 heavy (non-hydrogen) atoms. The van der Waals surface area contributed by atoms with E-state index in [1.54, 1.807) is 22.7 Å². The third kappa shape index (κ3) is 6.24. The monoisotopic (exact) mass is 458 g/mol. The number of aliphatic carboxylic acids is 1. The van der Waals surface area contributed by atoms with Gasteiger partial charge in [-0.1, -0.05) is 33.1 Å². The number of nitrogens with one attached hydrogen (secondary N) is 2. The summed E-state index contributed by atoms with van der Waals surface area (Å²) in [7, 11) is 1.33. The average molecular weight is 459 g/mol. The van der Waals surface area contributed by atoms with Gasteiger partial charge in [0.15, 0.2) is 5.65 Å². The van der Waals surface area contributed by atoms with Gasteiger partial charge in [0.05, 0.1) is 24.8 Å². The summed E-state index contributed by atoms with van der Waals surface area (Å²) in [5.41, 5.74) is 1.60. The first-order valence-electron chi connectivity index (χ1n) is 11.6. The largest absolute Gasteiger partial charge is 0.481 e. The second-order valence-corrected chi connectivity index (χ2v) is 9.13. The topological polar surface area (TPSA) is 122 Å². The Morgan fingerprint density at radius 1 is 1.24 bits per heavy atom. The Hall–Kier alpha value is -3.10. The molecule has 0 bridgehead atoms. The second-order valence-electron chi connectivity index (χ2n) is 9.13. The minimum absolute atomic E-state index is 0.0197. The normalized spacial score (nSPS) is 15.4. The number of carbonyl (C=O) groups excluding carboxylic acids is 2. The molecule has 1 unspecified atom stereocenters. The number of anilines is 1. The molecule has 0 aliphatic heterocycles. The number of carboxylic acid groups (broad SMARTS) is 1. The maximum absolute atomic E-state index is 13.3. The predicted octanol–water partition coefficient (Wildman–Crippen LogP) is 3.27. The number of ether oxygens (including phenoxy) is 1. The number of pyridine rings is 1. The molecule has 0 saturated heterocycles. The van der Waals surface area contributed by atoms with Gasteiger partial charge < -0.3 is 20.5 Å². The Morgan fingerprint density at radius 3 is 2.61 bits per heavy atom. The number of hydrogen-bond acceptors (Lipinski definition) is 6. The SMILES string of the molecule is COC(=O)CNc1c(CC(C)C)nc2c(C(=O)NC(CC(=O)O)C3CCCCC3)cccn12. The van der Waals surface area contributed by atoms with Crippen molar-refractivity contribution in [3.63, 3.8) is 0 Å². The highest BCUT2D eigenvalue weighted by Crippen LogP contribution is 2.29. The highest BCUT2D eigenvalue weighted by molar-refractivity contribution is 6.00. The minimum Gasteiger partial charge on any atom is -0.481 e.